The van der Waals surface area contributed by atoms with Crippen molar-refractivity contribution in [2.75, 3.05) is 19.5 Å². The third-order valence-electron chi connectivity index (χ3n) is 4.70. The minimum Gasteiger partial charge on any atom is -0.493 e. The number of thiophene rings is 1. The molecule has 0 aliphatic carbocycles. The average Bonchev–Trinajstić information content (AvgIpc) is 3.61. The minimum absolute atomic E-state index is 0.0174. The average molecular weight is 483 g/mol. The molecule has 0 unspecified atom stereocenters. The van der Waals surface area contributed by atoms with E-state index in [4.69, 9.17) is 15.2 Å². The molecule has 13 heteroatoms. The molecule has 0 saturated heterocycles. The van der Waals surface area contributed by atoms with Crippen molar-refractivity contribution in [2.24, 2.45) is 5.10 Å². The first-order valence-electron chi connectivity index (χ1n) is 10.3. The molecule has 0 aliphatic rings. The highest BCUT2D eigenvalue weighted by atomic mass is 32.1. The van der Waals surface area contributed by atoms with E-state index in [1.54, 1.807) is 20.1 Å². The summed E-state index contributed by atoms with van der Waals surface area (Å²) in [6, 6.07) is 9.10. The van der Waals surface area contributed by atoms with Crippen LogP contribution in [0.1, 0.15) is 36.3 Å². The maximum absolute atomic E-state index is 13.0. The van der Waals surface area contributed by atoms with E-state index in [0.717, 1.165) is 16.9 Å². The number of nitrogens with one attached hydrogen (secondary N) is 1. The molecular weight excluding hydrogens is 460 g/mol. The smallest absolute Gasteiger partial charge is 0.294 e. The van der Waals surface area contributed by atoms with Crippen LogP contribution in [0.15, 0.2) is 45.4 Å². The van der Waals surface area contributed by atoms with Gasteiger partial charge in [-0.2, -0.15) is 9.78 Å². The number of aromatic nitrogens is 5. The predicted octanol–water partition coefficient (Wildman–Crippen LogP) is 2.91. The molecule has 0 aliphatic heterocycles. The number of amides is 1. The zero-order valence-electron chi connectivity index (χ0n) is 18.7. The normalized spacial score (nSPS) is 11.4. The van der Waals surface area contributed by atoms with Crippen molar-refractivity contribution in [2.45, 2.75) is 20.3 Å². The van der Waals surface area contributed by atoms with Crippen LogP contribution in [0.2, 0.25) is 0 Å². The van der Waals surface area contributed by atoms with Crippen LogP contribution < -0.4 is 20.6 Å². The largest absolute Gasteiger partial charge is 0.493 e. The molecule has 0 saturated carbocycles. The van der Waals surface area contributed by atoms with Crippen LogP contribution in [0.25, 0.3) is 16.4 Å². The Balaban J connectivity index is 1.60. The molecule has 0 spiro atoms. The summed E-state index contributed by atoms with van der Waals surface area (Å²) in [6.45, 7) is 4.38. The van der Waals surface area contributed by atoms with Gasteiger partial charge in [0.1, 0.15) is 5.69 Å². The first-order valence-corrected chi connectivity index (χ1v) is 11.1. The lowest BCUT2D eigenvalue weighted by molar-refractivity contribution is 0.0950. The van der Waals surface area contributed by atoms with Crippen LogP contribution in [0, 0.1) is 0 Å². The van der Waals surface area contributed by atoms with Gasteiger partial charge in [0.05, 0.1) is 24.3 Å². The van der Waals surface area contributed by atoms with Gasteiger partial charge in [0.15, 0.2) is 17.2 Å². The van der Waals surface area contributed by atoms with Gasteiger partial charge >= 0.3 is 0 Å². The number of carbonyl (C=O) groups is 1. The quantitative estimate of drug-likeness (QED) is 0.270. The Morgan fingerprint density at radius 2 is 2.15 bits per heavy atom. The molecule has 0 bridgehead atoms. The number of hydrogen-bond donors (Lipinski definition) is 2. The maximum Gasteiger partial charge on any atom is 0.294 e. The molecule has 176 valence electrons. The first-order chi connectivity index (χ1) is 16.5. The number of ether oxygens (including phenoxy) is 2. The zero-order chi connectivity index (χ0) is 24.1. The monoisotopic (exact) mass is 482 g/mol. The van der Waals surface area contributed by atoms with Crippen molar-refractivity contribution in [3.05, 3.63) is 47.0 Å². The van der Waals surface area contributed by atoms with Gasteiger partial charge in [0.25, 0.3) is 5.91 Å². The number of carbonyl (C=O) groups excluding carboxylic acids is 1. The lowest BCUT2D eigenvalue weighted by atomic mass is 10.1. The van der Waals surface area contributed by atoms with Gasteiger partial charge in [-0.15, -0.1) is 16.4 Å². The van der Waals surface area contributed by atoms with Crippen molar-refractivity contribution in [1.82, 2.24) is 30.7 Å². The second kappa shape index (κ2) is 10.1. The number of benzene rings is 1. The van der Waals surface area contributed by atoms with Gasteiger partial charge in [0, 0.05) is 5.56 Å². The van der Waals surface area contributed by atoms with Gasteiger partial charge in [-0.05, 0) is 53.3 Å². The fourth-order valence-corrected chi connectivity index (χ4v) is 3.79. The molecule has 3 heterocycles. The van der Waals surface area contributed by atoms with E-state index >= 15 is 0 Å². The van der Waals surface area contributed by atoms with E-state index < -0.39 is 5.91 Å². The number of nitrogen functional groups attached to an aromatic ring is 1. The Bertz CT molecular complexity index is 1310. The summed E-state index contributed by atoms with van der Waals surface area (Å²) in [5.74, 6) is 0.812. The van der Waals surface area contributed by atoms with E-state index in [1.165, 1.54) is 16.0 Å². The number of hydrazone groups is 1. The van der Waals surface area contributed by atoms with Crippen molar-refractivity contribution >= 4 is 28.8 Å². The topological polar surface area (TPSA) is 156 Å². The molecule has 4 aromatic rings. The van der Waals surface area contributed by atoms with Crippen molar-refractivity contribution < 1.29 is 18.9 Å². The number of rotatable bonds is 9. The standard InChI is InChI=1S/C21H22N8O4S/c1-4-9-32-14-8-7-13(11-15(14)31-3)12(2)23-25-21(30)17-18(16-6-5-10-34-16)29(28-24-17)20-19(22)26-33-27-20/h5-8,10-11H,4,9H2,1-3H3,(H2,22,26)(H,25,30). The van der Waals surface area contributed by atoms with Crippen LogP contribution in [-0.4, -0.2) is 50.6 Å². The summed E-state index contributed by atoms with van der Waals surface area (Å²) in [4.78, 5) is 13.7. The van der Waals surface area contributed by atoms with Crippen molar-refractivity contribution in [3.63, 3.8) is 0 Å². The number of nitrogens with zero attached hydrogens (tertiary/aromatic N) is 6. The molecular formula is C21H22N8O4S. The zero-order valence-corrected chi connectivity index (χ0v) is 19.5. The van der Waals surface area contributed by atoms with Crippen molar-refractivity contribution in [1.29, 1.82) is 0 Å². The molecule has 12 nitrogen and oxygen atoms in total. The SMILES string of the molecule is CCCOc1ccc(C(C)=NNC(=O)c2nnn(-c3nonc3N)c2-c2cccs2)cc1OC. The first kappa shape index (κ1) is 22.9. The molecule has 3 aromatic heterocycles. The fourth-order valence-electron chi connectivity index (χ4n) is 3.03. The van der Waals surface area contributed by atoms with Gasteiger partial charge in [-0.1, -0.05) is 18.2 Å². The van der Waals surface area contributed by atoms with Crippen molar-refractivity contribution in [3.8, 4) is 27.9 Å². The van der Waals surface area contributed by atoms with E-state index in [2.05, 4.69) is 35.8 Å². The Kier molecular flexibility index (Phi) is 6.82. The molecule has 3 N–H and O–H groups in total. The van der Waals surface area contributed by atoms with Gasteiger partial charge in [-0.25, -0.2) is 10.1 Å². The summed E-state index contributed by atoms with van der Waals surface area (Å²) in [5.41, 5.74) is 10.1. The summed E-state index contributed by atoms with van der Waals surface area (Å²) in [5, 5.41) is 21.5. The van der Waals surface area contributed by atoms with Crippen LogP contribution in [0.4, 0.5) is 5.82 Å². The molecule has 34 heavy (non-hydrogen) atoms. The summed E-state index contributed by atoms with van der Waals surface area (Å²) in [6.07, 6.45) is 0.884. The molecule has 4 rings (SSSR count). The molecule has 0 radical (unpaired) electrons. The Morgan fingerprint density at radius 3 is 2.82 bits per heavy atom. The van der Waals surface area contributed by atoms with Crippen LogP contribution >= 0.6 is 11.3 Å². The third-order valence-corrected chi connectivity index (χ3v) is 5.58. The molecule has 1 amide bonds. The number of hydrogen-bond acceptors (Lipinski definition) is 11. The second-order valence-corrected chi connectivity index (χ2v) is 7.95. The summed E-state index contributed by atoms with van der Waals surface area (Å²) < 4.78 is 17.1. The Morgan fingerprint density at radius 1 is 1.29 bits per heavy atom. The van der Waals surface area contributed by atoms with Crippen LogP contribution in [-0.2, 0) is 0 Å². The molecule has 0 atom stereocenters. The Labute approximate surface area is 198 Å². The minimum atomic E-state index is -0.557. The van der Waals surface area contributed by atoms with E-state index in [0.29, 0.717) is 29.5 Å². The second-order valence-electron chi connectivity index (χ2n) is 7.00. The summed E-state index contributed by atoms with van der Waals surface area (Å²) in [7, 11) is 1.57. The lowest BCUT2D eigenvalue weighted by Crippen LogP contribution is -2.20. The van der Waals surface area contributed by atoms with E-state index in [1.807, 2.05) is 36.6 Å². The summed E-state index contributed by atoms with van der Waals surface area (Å²) >= 11 is 1.40. The lowest BCUT2D eigenvalue weighted by Gasteiger charge is -2.11. The molecule has 0 fully saturated rings. The van der Waals surface area contributed by atoms with Gasteiger partial charge < -0.3 is 15.2 Å². The number of methoxy groups -OCH3 is 1. The van der Waals surface area contributed by atoms with Gasteiger partial charge in [0.2, 0.25) is 11.6 Å². The number of anilines is 1. The fraction of sp³-hybridized carbons (Fsp3) is 0.238. The Hall–Kier alpha value is -4.26. The van der Waals surface area contributed by atoms with Crippen LogP contribution in [0.3, 0.4) is 0 Å². The van der Waals surface area contributed by atoms with E-state index in [-0.39, 0.29) is 17.3 Å². The molecule has 1 aromatic carbocycles. The highest BCUT2D eigenvalue weighted by molar-refractivity contribution is 7.13. The highest BCUT2D eigenvalue weighted by Gasteiger charge is 2.25. The number of nitrogens with two attached hydrogens (primary N) is 1. The highest BCUT2D eigenvalue weighted by Crippen LogP contribution is 2.30. The maximum atomic E-state index is 13.0. The van der Waals surface area contributed by atoms with E-state index in [9.17, 15) is 4.79 Å². The van der Waals surface area contributed by atoms with Crippen LogP contribution in [0.5, 0.6) is 11.5 Å². The van der Waals surface area contributed by atoms with Gasteiger partial charge in [-0.3, -0.25) is 4.79 Å². The third kappa shape index (κ3) is 4.59. The predicted molar refractivity (Wildman–Crippen MR) is 125 cm³/mol.